The highest BCUT2D eigenvalue weighted by Gasteiger charge is 2.41. The summed E-state index contributed by atoms with van der Waals surface area (Å²) < 4.78 is 16.6. The average Bonchev–Trinajstić information content (AvgIpc) is 3.36. The number of fused-ring (bicyclic) bond motifs is 4. The summed E-state index contributed by atoms with van der Waals surface area (Å²) in [5.74, 6) is 0.415. The molecule has 1 aliphatic carbocycles. The van der Waals surface area contributed by atoms with Crippen LogP contribution < -0.4 is 5.32 Å². The maximum Gasteiger partial charge on any atom is 0.256 e. The van der Waals surface area contributed by atoms with Crippen molar-refractivity contribution in [2.45, 2.75) is 96.3 Å². The largest absolute Gasteiger partial charge is 0.341 e. The highest BCUT2D eigenvalue weighted by Crippen LogP contribution is 2.38. The van der Waals surface area contributed by atoms with Crippen molar-refractivity contribution in [3.05, 3.63) is 59.8 Å². The minimum atomic E-state index is -0.433. The first kappa shape index (κ1) is 27.9. The fourth-order valence-corrected chi connectivity index (χ4v) is 7.61. The van der Waals surface area contributed by atoms with E-state index in [0.717, 1.165) is 49.7 Å². The molecule has 4 aliphatic rings. The number of hydrogen-bond donors (Lipinski definition) is 1. The number of hydrogen-bond acceptors (Lipinski definition) is 4. The second-order valence-corrected chi connectivity index (χ2v) is 12.8. The number of carbonyl (C=O) groups excluding carboxylic acids is 2. The third kappa shape index (κ3) is 5.16. The van der Waals surface area contributed by atoms with Crippen molar-refractivity contribution in [3.63, 3.8) is 0 Å². The number of rotatable bonds is 6. The molecule has 3 aromatic rings. The number of nitrogens with zero attached hydrogens (tertiary/aromatic N) is 4. The molecule has 1 atom stereocenters. The molecule has 2 amide bonds. The maximum atomic E-state index is 14.6. The van der Waals surface area contributed by atoms with Crippen LogP contribution in [-0.4, -0.2) is 68.4 Å². The molecule has 7 rings (SSSR count). The lowest BCUT2D eigenvalue weighted by Gasteiger charge is -2.45. The van der Waals surface area contributed by atoms with Crippen LogP contribution in [0.1, 0.15) is 88.1 Å². The van der Waals surface area contributed by atoms with Crippen LogP contribution in [0.4, 0.5) is 4.39 Å². The molecule has 1 saturated carbocycles. The highest BCUT2D eigenvalue weighted by molar-refractivity contribution is 5.99. The minimum absolute atomic E-state index is 0.0160. The lowest BCUT2D eigenvalue weighted by Crippen LogP contribution is -2.60. The second-order valence-electron chi connectivity index (χ2n) is 12.8. The summed E-state index contributed by atoms with van der Waals surface area (Å²) in [6.07, 6.45) is 12.2. The number of likely N-dealkylation sites (tertiary alicyclic amines) is 1. The van der Waals surface area contributed by atoms with Crippen molar-refractivity contribution in [1.82, 2.24) is 24.7 Å². The Hall–Kier alpha value is -3.26. The zero-order valence-corrected chi connectivity index (χ0v) is 24.6. The van der Waals surface area contributed by atoms with Crippen LogP contribution in [0.25, 0.3) is 16.6 Å². The van der Waals surface area contributed by atoms with E-state index in [1.54, 1.807) is 17.2 Å². The van der Waals surface area contributed by atoms with Crippen LogP contribution in [0.15, 0.2) is 42.9 Å². The molecular formula is C33H42FN5O2. The molecule has 3 saturated heterocycles. The molecule has 0 radical (unpaired) electrons. The van der Waals surface area contributed by atoms with Gasteiger partial charge in [0.05, 0.1) is 29.0 Å². The van der Waals surface area contributed by atoms with Crippen LogP contribution >= 0.6 is 0 Å². The van der Waals surface area contributed by atoms with E-state index in [1.807, 2.05) is 44.5 Å². The Morgan fingerprint density at radius 3 is 2.34 bits per heavy atom. The van der Waals surface area contributed by atoms with E-state index in [1.165, 1.54) is 30.5 Å². The summed E-state index contributed by atoms with van der Waals surface area (Å²) in [6.45, 7) is 9.42. The van der Waals surface area contributed by atoms with Gasteiger partial charge in [0, 0.05) is 49.0 Å². The van der Waals surface area contributed by atoms with E-state index in [-0.39, 0.29) is 35.9 Å². The van der Waals surface area contributed by atoms with Gasteiger partial charge >= 0.3 is 0 Å². The minimum Gasteiger partial charge on any atom is -0.341 e. The molecule has 41 heavy (non-hydrogen) atoms. The molecule has 218 valence electrons. The van der Waals surface area contributed by atoms with Gasteiger partial charge in [-0.2, -0.15) is 0 Å². The molecule has 4 fully saturated rings. The van der Waals surface area contributed by atoms with E-state index < -0.39 is 5.82 Å². The molecule has 5 heterocycles. The van der Waals surface area contributed by atoms with Crippen LogP contribution in [0.3, 0.4) is 0 Å². The van der Waals surface area contributed by atoms with E-state index in [0.29, 0.717) is 23.2 Å². The van der Waals surface area contributed by atoms with E-state index >= 15 is 0 Å². The number of amides is 2. The summed E-state index contributed by atoms with van der Waals surface area (Å²) in [5.41, 5.74) is 3.08. The van der Waals surface area contributed by atoms with Crippen molar-refractivity contribution in [1.29, 1.82) is 0 Å². The van der Waals surface area contributed by atoms with Gasteiger partial charge in [-0.25, -0.2) is 4.39 Å². The SMILES string of the molecule is CC(C)N(C(=O)c1cc(F)ccc1-n1cc(C2CCN(C(=O)[C@@H]3NC4CCC3CC4)CC2)c2ccncc21)C(C)C. The lowest BCUT2D eigenvalue weighted by molar-refractivity contribution is -0.138. The highest BCUT2D eigenvalue weighted by atomic mass is 19.1. The number of halogens is 1. The first-order chi connectivity index (χ1) is 19.7. The molecule has 2 bridgehead atoms. The number of carbonyl (C=O) groups is 2. The Balaban J connectivity index is 1.29. The van der Waals surface area contributed by atoms with E-state index in [9.17, 15) is 14.0 Å². The fraction of sp³-hybridized carbons (Fsp3) is 0.545. The summed E-state index contributed by atoms with van der Waals surface area (Å²) >= 11 is 0. The molecule has 8 heteroatoms. The summed E-state index contributed by atoms with van der Waals surface area (Å²) in [7, 11) is 0. The molecule has 1 N–H and O–H groups in total. The van der Waals surface area contributed by atoms with E-state index in [4.69, 9.17) is 0 Å². The summed E-state index contributed by atoms with van der Waals surface area (Å²) in [6, 6.07) is 6.94. The van der Waals surface area contributed by atoms with Crippen LogP contribution in [0, 0.1) is 11.7 Å². The third-order valence-electron chi connectivity index (χ3n) is 9.61. The van der Waals surface area contributed by atoms with Crippen LogP contribution in [0.5, 0.6) is 0 Å². The number of aromatic nitrogens is 2. The quantitative estimate of drug-likeness (QED) is 0.423. The number of benzene rings is 1. The van der Waals surface area contributed by atoms with Gasteiger partial charge in [0.25, 0.3) is 5.91 Å². The standard InChI is InChI=1S/C33H42FN5O2/c1-20(2)39(21(3)4)32(40)27-17-24(34)7-10-29(27)38-19-28(26-11-14-35-18-30(26)38)22-12-15-37(16-13-22)33(41)31-23-5-8-25(36-31)9-6-23/h7,10-11,14,17-23,25,31,36H,5-6,8-9,12-13,15-16H2,1-4H3/t23?,25?,31-/m1/s1. The molecule has 7 nitrogen and oxygen atoms in total. The van der Waals surface area contributed by atoms with Crippen molar-refractivity contribution in [2.24, 2.45) is 5.92 Å². The summed E-state index contributed by atoms with van der Waals surface area (Å²) in [5, 5.41) is 4.71. The summed E-state index contributed by atoms with van der Waals surface area (Å²) in [4.78, 5) is 35.5. The smallest absolute Gasteiger partial charge is 0.256 e. The number of piperidine rings is 3. The van der Waals surface area contributed by atoms with Gasteiger partial charge in [-0.3, -0.25) is 14.6 Å². The Labute approximate surface area is 242 Å². The van der Waals surface area contributed by atoms with Crippen molar-refractivity contribution >= 4 is 22.7 Å². The van der Waals surface area contributed by atoms with Gasteiger partial charge in [0.2, 0.25) is 5.91 Å². The topological polar surface area (TPSA) is 70.5 Å². The van der Waals surface area contributed by atoms with Crippen LogP contribution in [-0.2, 0) is 4.79 Å². The molecule has 1 aromatic carbocycles. The van der Waals surface area contributed by atoms with Gasteiger partial charge in [0.15, 0.2) is 0 Å². The predicted octanol–water partition coefficient (Wildman–Crippen LogP) is 5.66. The van der Waals surface area contributed by atoms with Gasteiger partial charge in [-0.15, -0.1) is 0 Å². The van der Waals surface area contributed by atoms with Gasteiger partial charge in [0.1, 0.15) is 5.82 Å². The van der Waals surface area contributed by atoms with Gasteiger partial charge in [-0.1, -0.05) is 0 Å². The fourth-order valence-electron chi connectivity index (χ4n) is 7.61. The van der Waals surface area contributed by atoms with Crippen molar-refractivity contribution in [3.8, 4) is 5.69 Å². The molecule has 2 aromatic heterocycles. The zero-order chi connectivity index (χ0) is 28.8. The van der Waals surface area contributed by atoms with Crippen molar-refractivity contribution in [2.75, 3.05) is 13.1 Å². The first-order valence-electron chi connectivity index (χ1n) is 15.3. The van der Waals surface area contributed by atoms with Gasteiger partial charge in [-0.05, 0) is 108 Å². The molecule has 0 unspecified atom stereocenters. The predicted molar refractivity (Wildman–Crippen MR) is 159 cm³/mol. The lowest BCUT2D eigenvalue weighted by atomic mass is 9.75. The second kappa shape index (κ2) is 11.2. The molecule has 3 aliphatic heterocycles. The monoisotopic (exact) mass is 559 g/mol. The number of nitrogens with one attached hydrogen (secondary N) is 1. The Bertz CT molecular complexity index is 1420. The van der Waals surface area contributed by atoms with Crippen molar-refractivity contribution < 1.29 is 14.0 Å². The van der Waals surface area contributed by atoms with Crippen LogP contribution in [0.2, 0.25) is 0 Å². The molecule has 0 spiro atoms. The molecular weight excluding hydrogens is 517 g/mol. The van der Waals surface area contributed by atoms with Gasteiger partial charge < -0.3 is 19.7 Å². The third-order valence-corrected chi connectivity index (χ3v) is 9.61. The Morgan fingerprint density at radius 2 is 1.71 bits per heavy atom. The first-order valence-corrected chi connectivity index (χ1v) is 15.3. The number of pyridine rings is 1. The normalized spacial score (nSPS) is 23.1. The zero-order valence-electron chi connectivity index (χ0n) is 24.6. The maximum absolute atomic E-state index is 14.6. The Morgan fingerprint density at radius 1 is 1.00 bits per heavy atom. The van der Waals surface area contributed by atoms with E-state index in [2.05, 4.69) is 21.4 Å². The average molecular weight is 560 g/mol. The Kier molecular flexibility index (Phi) is 7.62.